The first-order valence-corrected chi connectivity index (χ1v) is 3.77. The Kier molecular flexibility index (Phi) is 2.14. The number of hydrogen-bond donors (Lipinski definition) is 3. The normalized spacial score (nSPS) is 10.0. The highest BCUT2D eigenvalue weighted by Gasteiger charge is 2.16. The van der Waals surface area contributed by atoms with Crippen LogP contribution in [-0.4, -0.2) is 16.2 Å². The van der Waals surface area contributed by atoms with Crippen molar-refractivity contribution in [3.05, 3.63) is 22.8 Å². The van der Waals surface area contributed by atoms with Crippen LogP contribution in [0.15, 0.2) is 6.07 Å². The van der Waals surface area contributed by atoms with E-state index in [1.807, 2.05) is 0 Å². The fourth-order valence-electron chi connectivity index (χ4n) is 1.19. The molecule has 0 aromatic heterocycles. The summed E-state index contributed by atoms with van der Waals surface area (Å²) < 4.78 is 0. The van der Waals surface area contributed by atoms with Gasteiger partial charge in [0.05, 0.1) is 0 Å². The zero-order valence-electron chi connectivity index (χ0n) is 7.46. The molecule has 1 aromatic carbocycles. The summed E-state index contributed by atoms with van der Waals surface area (Å²) in [6.07, 6.45) is 0. The van der Waals surface area contributed by atoms with Crippen molar-refractivity contribution in [2.75, 3.05) is 5.73 Å². The summed E-state index contributed by atoms with van der Waals surface area (Å²) in [4.78, 5) is 10.7. The van der Waals surface area contributed by atoms with Crippen LogP contribution in [0.3, 0.4) is 0 Å². The zero-order valence-corrected chi connectivity index (χ0v) is 7.46. The Morgan fingerprint density at radius 1 is 1.46 bits per heavy atom. The monoisotopic (exact) mass is 181 g/mol. The lowest BCUT2D eigenvalue weighted by atomic mass is 10.0. The number of aromatic carboxylic acids is 1. The first-order chi connectivity index (χ1) is 5.95. The van der Waals surface area contributed by atoms with Crippen LogP contribution in [0.1, 0.15) is 21.5 Å². The third kappa shape index (κ3) is 1.42. The Morgan fingerprint density at radius 3 is 2.46 bits per heavy atom. The molecule has 4 nitrogen and oxygen atoms in total. The van der Waals surface area contributed by atoms with E-state index in [1.165, 1.54) is 0 Å². The number of anilines is 1. The number of rotatable bonds is 1. The Balaban J connectivity index is 3.53. The van der Waals surface area contributed by atoms with Gasteiger partial charge in [-0.1, -0.05) is 0 Å². The number of nitrogens with two attached hydrogens (primary N) is 1. The van der Waals surface area contributed by atoms with Gasteiger partial charge in [-0.15, -0.1) is 0 Å². The SMILES string of the molecule is Cc1cc(N)c(C)c(O)c1C(=O)O. The van der Waals surface area contributed by atoms with Crippen LogP contribution >= 0.6 is 0 Å². The lowest BCUT2D eigenvalue weighted by Gasteiger charge is -2.09. The third-order valence-electron chi connectivity index (χ3n) is 2.01. The molecular formula is C9H11NO3. The summed E-state index contributed by atoms with van der Waals surface area (Å²) >= 11 is 0. The zero-order chi connectivity index (χ0) is 10.2. The molecule has 0 aliphatic heterocycles. The van der Waals surface area contributed by atoms with Crippen molar-refractivity contribution in [3.63, 3.8) is 0 Å². The standard InChI is InChI=1S/C9H11NO3/c1-4-3-6(10)5(2)8(11)7(4)9(12)13/h3,11H,10H2,1-2H3,(H,12,13). The largest absolute Gasteiger partial charge is 0.507 e. The van der Waals surface area contributed by atoms with Gasteiger partial charge >= 0.3 is 5.97 Å². The maximum atomic E-state index is 10.7. The van der Waals surface area contributed by atoms with E-state index in [2.05, 4.69) is 0 Å². The van der Waals surface area contributed by atoms with E-state index in [9.17, 15) is 9.90 Å². The first kappa shape index (κ1) is 9.38. The molecule has 4 heteroatoms. The molecule has 0 amide bonds. The van der Waals surface area contributed by atoms with E-state index in [0.717, 1.165) is 0 Å². The molecule has 1 aromatic rings. The highest BCUT2D eigenvalue weighted by Crippen LogP contribution is 2.29. The lowest BCUT2D eigenvalue weighted by Crippen LogP contribution is -2.03. The fraction of sp³-hybridized carbons (Fsp3) is 0.222. The molecule has 0 bridgehead atoms. The molecule has 4 N–H and O–H groups in total. The summed E-state index contributed by atoms with van der Waals surface area (Å²) in [6.45, 7) is 3.18. The molecular weight excluding hydrogens is 170 g/mol. The third-order valence-corrected chi connectivity index (χ3v) is 2.01. The minimum Gasteiger partial charge on any atom is -0.507 e. The van der Waals surface area contributed by atoms with Crippen molar-refractivity contribution in [3.8, 4) is 5.75 Å². The highest BCUT2D eigenvalue weighted by atomic mass is 16.4. The summed E-state index contributed by atoms with van der Waals surface area (Å²) in [5.74, 6) is -1.39. The van der Waals surface area contributed by atoms with E-state index in [1.54, 1.807) is 19.9 Å². The van der Waals surface area contributed by atoms with E-state index in [4.69, 9.17) is 10.8 Å². The average Bonchev–Trinajstić information content (AvgIpc) is 1.99. The van der Waals surface area contributed by atoms with Crippen LogP contribution in [0.5, 0.6) is 5.75 Å². The van der Waals surface area contributed by atoms with Crippen LogP contribution in [0, 0.1) is 13.8 Å². The molecule has 0 aliphatic carbocycles. The van der Waals surface area contributed by atoms with Crippen LogP contribution in [0.25, 0.3) is 0 Å². The van der Waals surface area contributed by atoms with Crippen molar-refractivity contribution < 1.29 is 15.0 Å². The molecule has 0 fully saturated rings. The van der Waals surface area contributed by atoms with Gasteiger partial charge in [0.2, 0.25) is 0 Å². The van der Waals surface area contributed by atoms with Gasteiger partial charge in [-0.05, 0) is 25.5 Å². The van der Waals surface area contributed by atoms with Gasteiger partial charge in [0.15, 0.2) is 0 Å². The minimum absolute atomic E-state index is 0.0771. The van der Waals surface area contributed by atoms with Crippen LogP contribution < -0.4 is 5.73 Å². The number of nitrogen functional groups attached to an aromatic ring is 1. The number of carboxylic acids is 1. The van der Waals surface area contributed by atoms with Crippen molar-refractivity contribution in [1.29, 1.82) is 0 Å². The Morgan fingerprint density at radius 2 is 2.00 bits per heavy atom. The lowest BCUT2D eigenvalue weighted by molar-refractivity contribution is 0.0693. The smallest absolute Gasteiger partial charge is 0.339 e. The molecule has 0 saturated carbocycles. The second-order valence-corrected chi connectivity index (χ2v) is 2.94. The number of carboxylic acid groups (broad SMARTS) is 1. The Hall–Kier alpha value is -1.71. The maximum Gasteiger partial charge on any atom is 0.339 e. The summed E-state index contributed by atoms with van der Waals surface area (Å²) in [5.41, 5.74) is 6.73. The van der Waals surface area contributed by atoms with Crippen molar-refractivity contribution in [2.24, 2.45) is 0 Å². The van der Waals surface area contributed by atoms with Crippen LogP contribution in [0.2, 0.25) is 0 Å². The van der Waals surface area contributed by atoms with Crippen LogP contribution in [0.4, 0.5) is 5.69 Å². The summed E-state index contributed by atoms with van der Waals surface area (Å²) in [6, 6.07) is 1.54. The summed E-state index contributed by atoms with van der Waals surface area (Å²) in [5, 5.41) is 18.2. The molecule has 0 spiro atoms. The van der Waals surface area contributed by atoms with Gasteiger partial charge in [0.1, 0.15) is 11.3 Å². The minimum atomic E-state index is -1.14. The fourth-order valence-corrected chi connectivity index (χ4v) is 1.19. The van der Waals surface area contributed by atoms with Gasteiger partial charge in [-0.2, -0.15) is 0 Å². The van der Waals surface area contributed by atoms with Crippen molar-refractivity contribution in [1.82, 2.24) is 0 Å². The average molecular weight is 181 g/mol. The quantitative estimate of drug-likeness (QED) is 0.570. The van der Waals surface area contributed by atoms with Crippen molar-refractivity contribution in [2.45, 2.75) is 13.8 Å². The molecule has 70 valence electrons. The van der Waals surface area contributed by atoms with Gasteiger partial charge in [0, 0.05) is 11.3 Å². The number of aromatic hydroxyl groups is 1. The van der Waals surface area contributed by atoms with E-state index in [0.29, 0.717) is 16.8 Å². The first-order valence-electron chi connectivity index (χ1n) is 3.77. The molecule has 0 radical (unpaired) electrons. The molecule has 0 heterocycles. The second kappa shape index (κ2) is 2.97. The number of hydrogen-bond acceptors (Lipinski definition) is 3. The topological polar surface area (TPSA) is 83.5 Å². The highest BCUT2D eigenvalue weighted by molar-refractivity contribution is 5.94. The molecule has 0 atom stereocenters. The number of aryl methyl sites for hydroxylation is 1. The number of carbonyl (C=O) groups is 1. The maximum absolute atomic E-state index is 10.7. The van der Waals surface area contributed by atoms with Crippen LogP contribution in [-0.2, 0) is 0 Å². The number of benzene rings is 1. The van der Waals surface area contributed by atoms with Gasteiger partial charge < -0.3 is 15.9 Å². The Labute approximate surface area is 75.6 Å². The molecule has 0 aliphatic rings. The second-order valence-electron chi connectivity index (χ2n) is 2.94. The molecule has 1 rings (SSSR count). The summed E-state index contributed by atoms with van der Waals surface area (Å²) in [7, 11) is 0. The van der Waals surface area contributed by atoms with E-state index in [-0.39, 0.29) is 11.3 Å². The Bertz CT molecular complexity index is 372. The van der Waals surface area contributed by atoms with Gasteiger partial charge in [-0.3, -0.25) is 0 Å². The molecule has 0 saturated heterocycles. The number of phenols is 1. The van der Waals surface area contributed by atoms with Gasteiger partial charge in [0.25, 0.3) is 0 Å². The molecule has 0 unspecified atom stereocenters. The predicted molar refractivity (Wildman–Crippen MR) is 49.0 cm³/mol. The van der Waals surface area contributed by atoms with Gasteiger partial charge in [-0.25, -0.2) is 4.79 Å². The van der Waals surface area contributed by atoms with E-state index < -0.39 is 5.97 Å². The predicted octanol–water partition coefficient (Wildman–Crippen LogP) is 1.29. The van der Waals surface area contributed by atoms with Crippen molar-refractivity contribution >= 4 is 11.7 Å². The van der Waals surface area contributed by atoms with E-state index >= 15 is 0 Å². The molecule has 13 heavy (non-hydrogen) atoms.